The van der Waals surface area contributed by atoms with Gasteiger partial charge < -0.3 is 18.9 Å². The zero-order valence-corrected chi connectivity index (χ0v) is 15.4. The third kappa shape index (κ3) is 4.25. The number of fused-ring (bicyclic) bond motifs is 1. The molecule has 4 unspecified atom stereocenters. The van der Waals surface area contributed by atoms with Crippen molar-refractivity contribution in [2.45, 2.75) is 90.8 Å². The van der Waals surface area contributed by atoms with Gasteiger partial charge in [-0.1, -0.05) is 20.3 Å². The minimum atomic E-state index is -0.467. The first-order valence-electron chi connectivity index (χ1n) is 8.82. The van der Waals surface area contributed by atoms with Gasteiger partial charge in [0.1, 0.15) is 18.3 Å². The predicted molar refractivity (Wildman–Crippen MR) is 87.3 cm³/mol. The normalized spacial score (nSPS) is 31.2. The van der Waals surface area contributed by atoms with Crippen LogP contribution in [0.2, 0.25) is 0 Å². The number of carbonyl (C=O) groups excluding carboxylic acids is 1. The Morgan fingerprint density at radius 3 is 2.17 bits per heavy atom. The van der Waals surface area contributed by atoms with Gasteiger partial charge >= 0.3 is 5.97 Å². The summed E-state index contributed by atoms with van der Waals surface area (Å²) >= 11 is 0. The highest BCUT2D eigenvalue weighted by molar-refractivity contribution is 5.76. The molecule has 23 heavy (non-hydrogen) atoms. The summed E-state index contributed by atoms with van der Waals surface area (Å²) in [5.74, 6) is -0.171. The van der Waals surface area contributed by atoms with Crippen molar-refractivity contribution >= 4 is 5.97 Å². The Morgan fingerprint density at radius 2 is 1.61 bits per heavy atom. The Bertz CT molecular complexity index is 418. The molecule has 134 valence electrons. The molecule has 0 aliphatic carbocycles. The van der Waals surface area contributed by atoms with Crippen LogP contribution in [0.1, 0.15) is 60.8 Å². The lowest BCUT2D eigenvalue weighted by molar-refractivity contribution is -0.165. The molecule has 0 aromatic heterocycles. The van der Waals surface area contributed by atoms with E-state index in [4.69, 9.17) is 18.9 Å². The highest BCUT2D eigenvalue weighted by Gasteiger charge is 2.51. The lowest BCUT2D eigenvalue weighted by Gasteiger charge is -2.29. The van der Waals surface area contributed by atoms with Crippen molar-refractivity contribution in [3.05, 3.63) is 0 Å². The third-order valence-electron chi connectivity index (χ3n) is 4.97. The second-order valence-electron chi connectivity index (χ2n) is 7.94. The van der Waals surface area contributed by atoms with E-state index >= 15 is 0 Å². The van der Waals surface area contributed by atoms with Gasteiger partial charge in [0.15, 0.2) is 6.10 Å². The highest BCUT2D eigenvalue weighted by atomic mass is 16.7. The molecule has 2 saturated heterocycles. The summed E-state index contributed by atoms with van der Waals surface area (Å²) in [6.45, 7) is 13.0. The predicted octanol–water partition coefficient (Wildman–Crippen LogP) is 3.10. The van der Waals surface area contributed by atoms with Gasteiger partial charge in [-0.3, -0.25) is 4.79 Å². The lowest BCUT2D eigenvalue weighted by Crippen LogP contribution is -2.40. The van der Waals surface area contributed by atoms with E-state index in [0.717, 1.165) is 19.3 Å². The molecule has 2 fully saturated rings. The molecule has 5 nitrogen and oxygen atoms in total. The Morgan fingerprint density at radius 1 is 1.04 bits per heavy atom. The minimum absolute atomic E-state index is 0.0951. The standard InChI is InChI=1S/C18H32O5/c1-7-9-17(3,4)16(19)22-12-10-20-15-13(11-21-14(12)15)23-18(5,6)8-2/h12-15H,7-11H2,1-6H3. The zero-order chi connectivity index (χ0) is 17.3. The first-order valence-corrected chi connectivity index (χ1v) is 8.82. The molecule has 2 aliphatic rings. The fourth-order valence-corrected chi connectivity index (χ4v) is 3.15. The van der Waals surface area contributed by atoms with Crippen LogP contribution in [0.4, 0.5) is 0 Å². The van der Waals surface area contributed by atoms with Crippen LogP contribution in [0.3, 0.4) is 0 Å². The molecule has 0 N–H and O–H groups in total. The van der Waals surface area contributed by atoms with Crippen LogP contribution in [0, 0.1) is 5.41 Å². The summed E-state index contributed by atoms with van der Waals surface area (Å²) in [4.78, 5) is 12.4. The van der Waals surface area contributed by atoms with E-state index in [0.29, 0.717) is 13.2 Å². The molecular weight excluding hydrogens is 296 g/mol. The quantitative estimate of drug-likeness (QED) is 0.672. The largest absolute Gasteiger partial charge is 0.457 e. The Kier molecular flexibility index (Phi) is 5.75. The molecular formula is C18H32O5. The summed E-state index contributed by atoms with van der Waals surface area (Å²) < 4.78 is 23.5. The van der Waals surface area contributed by atoms with E-state index in [2.05, 4.69) is 27.7 Å². The topological polar surface area (TPSA) is 54.0 Å². The number of rotatable bonds is 7. The molecule has 2 aliphatic heterocycles. The second-order valence-corrected chi connectivity index (χ2v) is 7.94. The number of esters is 1. The first kappa shape index (κ1) is 18.7. The number of hydrogen-bond donors (Lipinski definition) is 0. The Hall–Kier alpha value is -0.650. The van der Waals surface area contributed by atoms with E-state index in [1.807, 2.05) is 13.8 Å². The maximum absolute atomic E-state index is 12.4. The van der Waals surface area contributed by atoms with Crippen molar-refractivity contribution in [3.63, 3.8) is 0 Å². The molecule has 0 bridgehead atoms. The molecule has 0 aromatic rings. The van der Waals surface area contributed by atoms with E-state index in [1.165, 1.54) is 0 Å². The summed E-state index contributed by atoms with van der Waals surface area (Å²) in [6.07, 6.45) is 1.90. The second kappa shape index (κ2) is 7.08. The van der Waals surface area contributed by atoms with Crippen molar-refractivity contribution < 1.29 is 23.7 Å². The van der Waals surface area contributed by atoms with Crippen LogP contribution >= 0.6 is 0 Å². The van der Waals surface area contributed by atoms with E-state index in [-0.39, 0.29) is 36.0 Å². The van der Waals surface area contributed by atoms with Gasteiger partial charge in [-0.15, -0.1) is 0 Å². The van der Waals surface area contributed by atoms with Gasteiger partial charge in [-0.25, -0.2) is 0 Å². The summed E-state index contributed by atoms with van der Waals surface area (Å²) in [5, 5.41) is 0. The van der Waals surface area contributed by atoms with E-state index < -0.39 is 5.41 Å². The molecule has 0 aromatic carbocycles. The highest BCUT2D eigenvalue weighted by Crippen LogP contribution is 2.34. The number of hydrogen-bond acceptors (Lipinski definition) is 5. The average molecular weight is 328 g/mol. The summed E-state index contributed by atoms with van der Waals surface area (Å²) in [6, 6.07) is 0. The van der Waals surface area contributed by atoms with Gasteiger partial charge in [-0.05, 0) is 40.5 Å². The maximum Gasteiger partial charge on any atom is 0.311 e. The van der Waals surface area contributed by atoms with Crippen LogP contribution in [0.25, 0.3) is 0 Å². The molecule has 2 rings (SSSR count). The fraction of sp³-hybridized carbons (Fsp3) is 0.944. The number of carbonyl (C=O) groups is 1. The van der Waals surface area contributed by atoms with Crippen LogP contribution in [-0.2, 0) is 23.7 Å². The molecule has 5 heteroatoms. The van der Waals surface area contributed by atoms with Crippen molar-refractivity contribution in [2.75, 3.05) is 13.2 Å². The lowest BCUT2D eigenvalue weighted by atomic mass is 9.88. The maximum atomic E-state index is 12.4. The zero-order valence-electron chi connectivity index (χ0n) is 15.4. The molecule has 4 atom stereocenters. The van der Waals surface area contributed by atoms with E-state index in [1.54, 1.807) is 0 Å². The average Bonchev–Trinajstić information content (AvgIpc) is 3.03. The third-order valence-corrected chi connectivity index (χ3v) is 4.97. The molecule has 2 heterocycles. The van der Waals surface area contributed by atoms with Gasteiger partial charge in [0.2, 0.25) is 0 Å². The van der Waals surface area contributed by atoms with Gasteiger partial charge in [0, 0.05) is 0 Å². The molecule has 0 spiro atoms. The van der Waals surface area contributed by atoms with Crippen molar-refractivity contribution in [3.8, 4) is 0 Å². The van der Waals surface area contributed by atoms with E-state index in [9.17, 15) is 4.79 Å². The Labute approximate surface area is 140 Å². The summed E-state index contributed by atoms with van der Waals surface area (Å²) in [7, 11) is 0. The first-order chi connectivity index (χ1) is 10.7. The van der Waals surface area contributed by atoms with Gasteiger partial charge in [0.05, 0.1) is 24.2 Å². The monoisotopic (exact) mass is 328 g/mol. The van der Waals surface area contributed by atoms with Gasteiger partial charge in [-0.2, -0.15) is 0 Å². The Balaban J connectivity index is 1.93. The van der Waals surface area contributed by atoms with Crippen LogP contribution in [0.5, 0.6) is 0 Å². The summed E-state index contributed by atoms with van der Waals surface area (Å²) in [5.41, 5.74) is -0.671. The van der Waals surface area contributed by atoms with Crippen LogP contribution in [-0.4, -0.2) is 49.2 Å². The van der Waals surface area contributed by atoms with Crippen molar-refractivity contribution in [1.82, 2.24) is 0 Å². The van der Waals surface area contributed by atoms with Gasteiger partial charge in [0.25, 0.3) is 0 Å². The molecule has 0 amide bonds. The van der Waals surface area contributed by atoms with Crippen molar-refractivity contribution in [2.24, 2.45) is 5.41 Å². The molecule has 0 saturated carbocycles. The van der Waals surface area contributed by atoms with Crippen LogP contribution < -0.4 is 0 Å². The minimum Gasteiger partial charge on any atom is -0.457 e. The smallest absolute Gasteiger partial charge is 0.311 e. The SMILES string of the molecule is CCCC(C)(C)C(=O)OC1COC2C(OC(C)(C)CC)COC12. The van der Waals surface area contributed by atoms with Crippen LogP contribution in [0.15, 0.2) is 0 Å². The fourth-order valence-electron chi connectivity index (χ4n) is 3.15. The molecule has 0 radical (unpaired) electrons. The van der Waals surface area contributed by atoms with Crippen molar-refractivity contribution in [1.29, 1.82) is 0 Å². The number of ether oxygens (including phenoxy) is 4.